The van der Waals surface area contributed by atoms with Crippen molar-refractivity contribution >= 4 is 23.0 Å². The summed E-state index contributed by atoms with van der Waals surface area (Å²) >= 11 is 1.07. The van der Waals surface area contributed by atoms with Gasteiger partial charge in [-0.3, -0.25) is 4.79 Å². The highest BCUT2D eigenvalue weighted by Gasteiger charge is 2.25. The normalized spacial score (nSPS) is 13.5. The van der Waals surface area contributed by atoms with Gasteiger partial charge in [-0.05, 0) is 11.8 Å². The molecule has 1 atom stereocenters. The maximum atomic E-state index is 11.5. The van der Waals surface area contributed by atoms with E-state index in [2.05, 4.69) is 0 Å². The Kier molecular flexibility index (Phi) is 6.56. The third-order valence-corrected chi connectivity index (χ3v) is 2.51. The highest BCUT2D eigenvalue weighted by Crippen LogP contribution is 2.16. The molecule has 0 heterocycles. The SMILES string of the molecule is CC(C)SC(=O)O[C@H](CC(=O)O)C[N+](C)(C)C. The van der Waals surface area contributed by atoms with Crippen LogP contribution in [0.2, 0.25) is 0 Å². The Balaban J connectivity index is 4.38. The number of hydrogen-bond acceptors (Lipinski definition) is 4. The number of thioether (sulfide) groups is 1. The molecule has 0 rings (SSSR count). The highest BCUT2D eigenvalue weighted by atomic mass is 32.2. The molecular formula is C11H22NO4S+. The van der Waals surface area contributed by atoms with Crippen LogP contribution in [0.4, 0.5) is 4.79 Å². The molecule has 0 aliphatic heterocycles. The van der Waals surface area contributed by atoms with Crippen molar-refractivity contribution in [3.05, 3.63) is 0 Å². The van der Waals surface area contributed by atoms with Gasteiger partial charge in [0, 0.05) is 5.25 Å². The molecule has 6 heteroatoms. The topological polar surface area (TPSA) is 63.6 Å². The highest BCUT2D eigenvalue weighted by molar-refractivity contribution is 8.13. The fraction of sp³-hybridized carbons (Fsp3) is 0.818. The lowest BCUT2D eigenvalue weighted by molar-refractivity contribution is -0.873. The van der Waals surface area contributed by atoms with Crippen LogP contribution >= 0.6 is 11.8 Å². The van der Waals surface area contributed by atoms with Crippen molar-refractivity contribution in [1.82, 2.24) is 0 Å². The summed E-state index contributed by atoms with van der Waals surface area (Å²) in [6, 6.07) is 0. The van der Waals surface area contributed by atoms with Gasteiger partial charge in [-0.1, -0.05) is 13.8 Å². The van der Waals surface area contributed by atoms with Gasteiger partial charge in [-0.15, -0.1) is 0 Å². The lowest BCUT2D eigenvalue weighted by Crippen LogP contribution is -2.43. The number of carboxylic acid groups (broad SMARTS) is 1. The van der Waals surface area contributed by atoms with E-state index in [0.717, 1.165) is 11.8 Å². The molecule has 0 unspecified atom stereocenters. The fourth-order valence-corrected chi connectivity index (χ4v) is 1.88. The summed E-state index contributed by atoms with van der Waals surface area (Å²) in [6.07, 6.45) is -0.730. The molecule has 0 aromatic carbocycles. The number of hydrogen-bond donors (Lipinski definition) is 1. The van der Waals surface area contributed by atoms with E-state index in [1.54, 1.807) is 0 Å². The van der Waals surface area contributed by atoms with Crippen molar-refractivity contribution < 1.29 is 23.9 Å². The van der Waals surface area contributed by atoms with E-state index in [0.29, 0.717) is 11.0 Å². The Morgan fingerprint density at radius 2 is 1.82 bits per heavy atom. The van der Waals surface area contributed by atoms with Crippen LogP contribution in [0.25, 0.3) is 0 Å². The van der Waals surface area contributed by atoms with Crippen LogP contribution in [0.3, 0.4) is 0 Å². The first-order valence-corrected chi connectivity index (χ1v) is 6.37. The molecule has 5 nitrogen and oxygen atoms in total. The fourth-order valence-electron chi connectivity index (χ4n) is 1.31. The zero-order chi connectivity index (χ0) is 13.6. The quantitative estimate of drug-likeness (QED) is 0.585. The van der Waals surface area contributed by atoms with Crippen LogP contribution in [0, 0.1) is 0 Å². The van der Waals surface area contributed by atoms with Gasteiger partial charge in [0.1, 0.15) is 6.54 Å². The lowest BCUT2D eigenvalue weighted by Gasteiger charge is -2.28. The molecular weight excluding hydrogens is 242 g/mol. The molecule has 0 saturated carbocycles. The summed E-state index contributed by atoms with van der Waals surface area (Å²) < 4.78 is 5.73. The number of ether oxygens (including phenoxy) is 1. The minimum Gasteiger partial charge on any atom is -0.481 e. The molecule has 0 fully saturated rings. The van der Waals surface area contributed by atoms with Crippen molar-refractivity contribution in [2.75, 3.05) is 27.7 Å². The molecule has 0 saturated heterocycles. The maximum Gasteiger partial charge on any atom is 0.368 e. The Morgan fingerprint density at radius 1 is 1.29 bits per heavy atom. The zero-order valence-electron chi connectivity index (χ0n) is 11.1. The van der Waals surface area contributed by atoms with Gasteiger partial charge in [0.15, 0.2) is 6.10 Å². The second kappa shape index (κ2) is 6.86. The third kappa shape index (κ3) is 10.1. The molecule has 0 amide bonds. The number of quaternary nitrogens is 1. The summed E-state index contributed by atoms with van der Waals surface area (Å²) in [5.41, 5.74) is 0. The first kappa shape index (κ1) is 16.2. The van der Waals surface area contributed by atoms with E-state index in [1.165, 1.54) is 0 Å². The molecule has 100 valence electrons. The van der Waals surface area contributed by atoms with Crippen molar-refractivity contribution in [2.45, 2.75) is 31.6 Å². The summed E-state index contributed by atoms with van der Waals surface area (Å²) in [6.45, 7) is 4.26. The summed E-state index contributed by atoms with van der Waals surface area (Å²) in [4.78, 5) is 22.2. The monoisotopic (exact) mass is 264 g/mol. The molecule has 0 aliphatic carbocycles. The number of likely N-dealkylation sites (N-methyl/N-ethyl adjacent to an activating group) is 1. The van der Waals surface area contributed by atoms with Crippen LogP contribution in [0.1, 0.15) is 20.3 Å². The molecule has 0 aliphatic rings. The summed E-state index contributed by atoms with van der Waals surface area (Å²) in [7, 11) is 5.79. The number of carbonyl (C=O) groups excluding carboxylic acids is 1. The van der Waals surface area contributed by atoms with E-state index in [4.69, 9.17) is 9.84 Å². The minimum absolute atomic E-state index is 0.136. The third-order valence-electron chi connectivity index (χ3n) is 1.75. The first-order valence-electron chi connectivity index (χ1n) is 5.49. The second-order valence-electron chi connectivity index (χ2n) is 5.23. The van der Waals surface area contributed by atoms with Gasteiger partial charge in [-0.2, -0.15) is 0 Å². The van der Waals surface area contributed by atoms with Crippen LogP contribution < -0.4 is 0 Å². The van der Waals surface area contributed by atoms with Crippen LogP contribution in [0.5, 0.6) is 0 Å². The Labute approximate surface area is 107 Å². The average Bonchev–Trinajstić information content (AvgIpc) is 1.95. The van der Waals surface area contributed by atoms with Crippen LogP contribution in [-0.2, 0) is 9.53 Å². The Bertz CT molecular complexity index is 273. The van der Waals surface area contributed by atoms with Gasteiger partial charge >= 0.3 is 11.3 Å². The second-order valence-corrected chi connectivity index (χ2v) is 6.74. The average molecular weight is 264 g/mol. The largest absolute Gasteiger partial charge is 0.481 e. The molecule has 0 bridgehead atoms. The smallest absolute Gasteiger partial charge is 0.368 e. The van der Waals surface area contributed by atoms with Gasteiger partial charge < -0.3 is 14.3 Å². The predicted molar refractivity (Wildman–Crippen MR) is 68.1 cm³/mol. The number of rotatable bonds is 6. The molecule has 17 heavy (non-hydrogen) atoms. The number of nitrogens with zero attached hydrogens (tertiary/aromatic N) is 1. The summed E-state index contributed by atoms with van der Waals surface area (Å²) in [5, 5.41) is 8.50. The Morgan fingerprint density at radius 3 is 2.18 bits per heavy atom. The van der Waals surface area contributed by atoms with Crippen molar-refractivity contribution in [1.29, 1.82) is 0 Å². The van der Waals surface area contributed by atoms with Crippen molar-refractivity contribution in [3.8, 4) is 0 Å². The number of aliphatic carboxylic acids is 1. The van der Waals surface area contributed by atoms with Crippen molar-refractivity contribution in [3.63, 3.8) is 0 Å². The van der Waals surface area contributed by atoms with Crippen LogP contribution in [0.15, 0.2) is 0 Å². The maximum absolute atomic E-state index is 11.5. The van der Waals surface area contributed by atoms with E-state index < -0.39 is 17.4 Å². The van der Waals surface area contributed by atoms with Gasteiger partial charge in [-0.25, -0.2) is 4.79 Å². The van der Waals surface area contributed by atoms with Gasteiger partial charge in [0.2, 0.25) is 0 Å². The molecule has 0 spiro atoms. The standard InChI is InChI=1S/C11H21NO4S/c1-8(2)17-11(15)16-9(6-10(13)14)7-12(3,4)5/h8-9H,6-7H2,1-5H3/p+1/t9-/m1/s1. The van der Waals surface area contributed by atoms with E-state index >= 15 is 0 Å². The molecule has 0 aromatic rings. The minimum atomic E-state index is -0.953. The first-order chi connectivity index (χ1) is 7.60. The summed E-state index contributed by atoms with van der Waals surface area (Å²) in [5.74, 6) is -0.953. The van der Waals surface area contributed by atoms with Crippen LogP contribution in [-0.4, -0.2) is 59.9 Å². The molecule has 0 radical (unpaired) electrons. The number of carbonyl (C=O) groups is 2. The molecule has 1 N–H and O–H groups in total. The van der Waals surface area contributed by atoms with E-state index in [-0.39, 0.29) is 11.7 Å². The van der Waals surface area contributed by atoms with E-state index in [1.807, 2.05) is 35.0 Å². The van der Waals surface area contributed by atoms with E-state index in [9.17, 15) is 9.59 Å². The zero-order valence-corrected chi connectivity index (χ0v) is 11.9. The predicted octanol–water partition coefficient (Wildman–Crippen LogP) is 1.81. The van der Waals surface area contributed by atoms with Crippen molar-refractivity contribution in [2.24, 2.45) is 0 Å². The van der Waals surface area contributed by atoms with Gasteiger partial charge in [0.05, 0.1) is 27.6 Å². The van der Waals surface area contributed by atoms with Gasteiger partial charge in [0.25, 0.3) is 0 Å². The lowest BCUT2D eigenvalue weighted by atomic mass is 10.2. The molecule has 0 aromatic heterocycles. The number of carboxylic acids is 1. The Hall–Kier alpha value is -0.750.